The maximum atomic E-state index is 12.0. The quantitative estimate of drug-likeness (QED) is 0.760. The Morgan fingerprint density at radius 3 is 3.05 bits per heavy atom. The van der Waals surface area contributed by atoms with Gasteiger partial charge < -0.3 is 9.88 Å². The van der Waals surface area contributed by atoms with Crippen molar-refractivity contribution in [3.8, 4) is 0 Å². The van der Waals surface area contributed by atoms with Gasteiger partial charge in [-0.3, -0.25) is 0 Å². The third-order valence-electron chi connectivity index (χ3n) is 3.32. The number of nitrogens with zero attached hydrogens (tertiary/aromatic N) is 3. The molecule has 2 rings (SSSR count). The smallest absolute Gasteiger partial charge is 0.213 e. The number of rotatable bonds is 6. The van der Waals surface area contributed by atoms with Crippen LogP contribution in [-0.4, -0.2) is 41.5 Å². The second kappa shape index (κ2) is 6.44. The number of sulfonamides is 1. The Morgan fingerprint density at radius 1 is 1.53 bits per heavy atom. The van der Waals surface area contributed by atoms with Gasteiger partial charge in [0.05, 0.1) is 12.3 Å². The molecule has 0 amide bonds. The standard InChI is InChI=1S/C11H21N5O2S/c1-2-16-9-13-15-11(16)7-14-19(17,18)8-10-5-3-4-6-12-10/h9-10,12,14H,2-8H2,1H3. The highest BCUT2D eigenvalue weighted by Crippen LogP contribution is 2.08. The monoisotopic (exact) mass is 287 g/mol. The Balaban J connectivity index is 1.86. The third-order valence-corrected chi connectivity index (χ3v) is 4.74. The molecule has 0 aliphatic carbocycles. The maximum Gasteiger partial charge on any atom is 0.213 e. The van der Waals surface area contributed by atoms with E-state index in [4.69, 9.17) is 0 Å². The molecule has 1 atom stereocenters. The fourth-order valence-electron chi connectivity index (χ4n) is 2.24. The molecule has 1 aromatic rings. The molecule has 0 spiro atoms. The molecule has 2 N–H and O–H groups in total. The number of aromatic nitrogens is 3. The molecule has 0 radical (unpaired) electrons. The highest BCUT2D eigenvalue weighted by atomic mass is 32.2. The summed E-state index contributed by atoms with van der Waals surface area (Å²) in [5, 5.41) is 10.9. The summed E-state index contributed by atoms with van der Waals surface area (Å²) in [5.41, 5.74) is 0. The summed E-state index contributed by atoms with van der Waals surface area (Å²) in [5.74, 6) is 0.774. The minimum absolute atomic E-state index is 0.0651. The molecule has 0 aromatic carbocycles. The minimum Gasteiger partial charge on any atom is -0.317 e. The normalized spacial score (nSPS) is 20.6. The second-order valence-electron chi connectivity index (χ2n) is 4.78. The van der Waals surface area contributed by atoms with Crippen molar-refractivity contribution in [1.82, 2.24) is 24.8 Å². The van der Waals surface area contributed by atoms with Crippen LogP contribution in [-0.2, 0) is 23.1 Å². The first-order chi connectivity index (χ1) is 9.11. The van der Waals surface area contributed by atoms with Crippen LogP contribution in [0.4, 0.5) is 0 Å². The number of aryl methyl sites for hydroxylation is 1. The van der Waals surface area contributed by atoms with Crippen molar-refractivity contribution in [2.75, 3.05) is 12.3 Å². The number of piperidine rings is 1. The molecule has 0 bridgehead atoms. The number of nitrogens with one attached hydrogen (secondary N) is 2. The Kier molecular flexibility index (Phi) is 4.89. The highest BCUT2D eigenvalue weighted by molar-refractivity contribution is 7.89. The lowest BCUT2D eigenvalue weighted by Crippen LogP contribution is -2.42. The van der Waals surface area contributed by atoms with Crippen LogP contribution in [0.5, 0.6) is 0 Å². The summed E-state index contributed by atoms with van der Waals surface area (Å²) in [6.45, 7) is 3.80. The average Bonchev–Trinajstić information content (AvgIpc) is 2.84. The molecule has 8 heteroatoms. The van der Waals surface area contributed by atoms with Gasteiger partial charge >= 0.3 is 0 Å². The summed E-state index contributed by atoms with van der Waals surface area (Å²) in [6.07, 6.45) is 4.75. The lowest BCUT2D eigenvalue weighted by atomic mass is 10.1. The van der Waals surface area contributed by atoms with Crippen molar-refractivity contribution < 1.29 is 8.42 Å². The van der Waals surface area contributed by atoms with Crippen molar-refractivity contribution in [2.24, 2.45) is 0 Å². The Hall–Kier alpha value is -0.990. The van der Waals surface area contributed by atoms with Gasteiger partial charge in [-0.05, 0) is 26.3 Å². The molecular weight excluding hydrogens is 266 g/mol. The molecular formula is C11H21N5O2S. The van der Waals surface area contributed by atoms with Crippen molar-refractivity contribution in [3.63, 3.8) is 0 Å². The van der Waals surface area contributed by atoms with Crippen LogP contribution in [0.25, 0.3) is 0 Å². The molecule has 1 aliphatic heterocycles. The second-order valence-corrected chi connectivity index (χ2v) is 6.63. The van der Waals surface area contributed by atoms with Gasteiger partial charge in [0.15, 0.2) is 0 Å². The van der Waals surface area contributed by atoms with Crippen LogP contribution in [0.15, 0.2) is 6.33 Å². The van der Waals surface area contributed by atoms with E-state index in [0.29, 0.717) is 5.82 Å². The molecule has 1 fully saturated rings. The first kappa shape index (κ1) is 14.4. The predicted molar refractivity (Wildman–Crippen MR) is 72.0 cm³/mol. The van der Waals surface area contributed by atoms with E-state index in [0.717, 1.165) is 32.4 Å². The highest BCUT2D eigenvalue weighted by Gasteiger charge is 2.21. The maximum absolute atomic E-state index is 12.0. The number of hydrogen-bond acceptors (Lipinski definition) is 5. The van der Waals surface area contributed by atoms with Gasteiger partial charge in [-0.2, -0.15) is 0 Å². The molecule has 1 unspecified atom stereocenters. The Labute approximate surface area is 113 Å². The van der Waals surface area contributed by atoms with E-state index in [-0.39, 0.29) is 18.3 Å². The molecule has 1 saturated heterocycles. The first-order valence-electron chi connectivity index (χ1n) is 6.68. The fourth-order valence-corrected chi connectivity index (χ4v) is 3.53. The van der Waals surface area contributed by atoms with Crippen LogP contribution in [0.3, 0.4) is 0 Å². The summed E-state index contributed by atoms with van der Waals surface area (Å²) in [6, 6.07) is 0.0651. The van der Waals surface area contributed by atoms with Gasteiger partial charge in [0.2, 0.25) is 10.0 Å². The van der Waals surface area contributed by atoms with E-state index in [1.807, 2.05) is 11.5 Å². The number of hydrogen-bond donors (Lipinski definition) is 2. The largest absolute Gasteiger partial charge is 0.317 e. The molecule has 1 aliphatic rings. The van der Waals surface area contributed by atoms with E-state index in [1.165, 1.54) is 0 Å². The Morgan fingerprint density at radius 2 is 2.37 bits per heavy atom. The summed E-state index contributed by atoms with van der Waals surface area (Å²) in [4.78, 5) is 0. The zero-order valence-corrected chi connectivity index (χ0v) is 12.0. The molecule has 0 saturated carbocycles. The van der Waals surface area contributed by atoms with E-state index in [9.17, 15) is 8.42 Å². The summed E-state index contributed by atoms with van der Waals surface area (Å²) in [7, 11) is -3.28. The van der Waals surface area contributed by atoms with Gasteiger partial charge in [-0.15, -0.1) is 10.2 Å². The Bertz CT molecular complexity index is 493. The predicted octanol–water partition coefficient (Wildman–Crippen LogP) is -0.140. The van der Waals surface area contributed by atoms with E-state index >= 15 is 0 Å². The first-order valence-corrected chi connectivity index (χ1v) is 8.33. The molecule has 2 heterocycles. The van der Waals surface area contributed by atoms with E-state index in [1.54, 1.807) is 6.33 Å². The lowest BCUT2D eigenvalue weighted by Gasteiger charge is -2.23. The third kappa shape index (κ3) is 4.26. The van der Waals surface area contributed by atoms with Gasteiger partial charge in [0.1, 0.15) is 12.2 Å². The SMILES string of the molecule is CCn1cnnc1CNS(=O)(=O)CC1CCCCN1. The lowest BCUT2D eigenvalue weighted by molar-refractivity contribution is 0.422. The van der Waals surface area contributed by atoms with Crippen LogP contribution < -0.4 is 10.0 Å². The van der Waals surface area contributed by atoms with Crippen molar-refractivity contribution in [1.29, 1.82) is 0 Å². The van der Waals surface area contributed by atoms with Crippen LogP contribution >= 0.6 is 0 Å². The van der Waals surface area contributed by atoms with Crippen molar-refractivity contribution in [2.45, 2.75) is 45.3 Å². The summed E-state index contributed by atoms with van der Waals surface area (Å²) < 4.78 is 28.4. The van der Waals surface area contributed by atoms with Crippen LogP contribution in [0.1, 0.15) is 32.0 Å². The summed E-state index contributed by atoms with van der Waals surface area (Å²) >= 11 is 0. The van der Waals surface area contributed by atoms with Gasteiger partial charge in [0.25, 0.3) is 0 Å². The fraction of sp³-hybridized carbons (Fsp3) is 0.818. The van der Waals surface area contributed by atoms with Gasteiger partial charge in [-0.1, -0.05) is 6.42 Å². The molecule has 108 valence electrons. The molecule has 19 heavy (non-hydrogen) atoms. The molecule has 7 nitrogen and oxygen atoms in total. The van der Waals surface area contributed by atoms with Gasteiger partial charge in [0, 0.05) is 12.6 Å². The van der Waals surface area contributed by atoms with Crippen LogP contribution in [0.2, 0.25) is 0 Å². The minimum atomic E-state index is -3.28. The van der Waals surface area contributed by atoms with E-state index in [2.05, 4.69) is 20.2 Å². The zero-order valence-electron chi connectivity index (χ0n) is 11.2. The average molecular weight is 287 g/mol. The van der Waals surface area contributed by atoms with Crippen molar-refractivity contribution in [3.05, 3.63) is 12.2 Å². The van der Waals surface area contributed by atoms with Crippen LogP contribution in [0, 0.1) is 0 Å². The topological polar surface area (TPSA) is 88.9 Å². The zero-order chi connectivity index (χ0) is 13.7. The van der Waals surface area contributed by atoms with E-state index < -0.39 is 10.0 Å². The van der Waals surface area contributed by atoms with Gasteiger partial charge in [-0.25, -0.2) is 13.1 Å². The molecule has 1 aromatic heterocycles. The van der Waals surface area contributed by atoms with Crippen molar-refractivity contribution >= 4 is 10.0 Å².